The second kappa shape index (κ2) is 6.73. The minimum atomic E-state index is -0.840. The van der Waals surface area contributed by atoms with Gasteiger partial charge < -0.3 is 10.8 Å². The largest absolute Gasteiger partial charge is 0.481 e. The lowest BCUT2D eigenvalue weighted by Gasteiger charge is -2.19. The highest BCUT2D eigenvalue weighted by molar-refractivity contribution is 6.30. The molecule has 3 N–H and O–H groups in total. The molecule has 106 valence electrons. The van der Waals surface area contributed by atoms with Gasteiger partial charge in [0.2, 0.25) is 0 Å². The lowest BCUT2D eigenvalue weighted by Crippen LogP contribution is -2.26. The zero-order valence-electron chi connectivity index (χ0n) is 11.1. The topological polar surface area (TPSA) is 63.3 Å². The zero-order valence-corrected chi connectivity index (χ0v) is 11.9. The Kier molecular flexibility index (Phi) is 4.99. The van der Waals surface area contributed by atoms with E-state index in [-0.39, 0.29) is 12.5 Å². The van der Waals surface area contributed by atoms with Crippen molar-refractivity contribution in [3.05, 3.63) is 53.1 Å². The SMILES string of the molecule is N[C@@H](CC(=O)O)CC1C=CC(c2cccc(Cl)c2)=CC1. The Labute approximate surface area is 123 Å². The van der Waals surface area contributed by atoms with Crippen molar-refractivity contribution in [3.63, 3.8) is 0 Å². The van der Waals surface area contributed by atoms with Crippen LogP contribution in [0.3, 0.4) is 0 Å². The first-order valence-electron chi connectivity index (χ1n) is 6.66. The lowest BCUT2D eigenvalue weighted by atomic mass is 9.88. The highest BCUT2D eigenvalue weighted by Gasteiger charge is 2.16. The Morgan fingerprint density at radius 1 is 1.50 bits per heavy atom. The highest BCUT2D eigenvalue weighted by Crippen LogP contribution is 2.28. The molecule has 0 saturated carbocycles. The number of halogens is 1. The number of aliphatic carboxylic acids is 1. The average Bonchev–Trinajstić information content (AvgIpc) is 2.38. The molecule has 2 rings (SSSR count). The van der Waals surface area contributed by atoms with Crippen LogP contribution in [0.15, 0.2) is 42.5 Å². The van der Waals surface area contributed by atoms with Crippen LogP contribution in [0, 0.1) is 5.92 Å². The van der Waals surface area contributed by atoms with Crippen LogP contribution in [-0.4, -0.2) is 17.1 Å². The summed E-state index contributed by atoms with van der Waals surface area (Å²) >= 11 is 5.99. The van der Waals surface area contributed by atoms with Gasteiger partial charge in [-0.25, -0.2) is 0 Å². The summed E-state index contributed by atoms with van der Waals surface area (Å²) in [5, 5.41) is 9.43. The Hall–Kier alpha value is -1.58. The van der Waals surface area contributed by atoms with Crippen molar-refractivity contribution < 1.29 is 9.90 Å². The maximum Gasteiger partial charge on any atom is 0.304 e. The summed E-state index contributed by atoms with van der Waals surface area (Å²) in [6.45, 7) is 0. The van der Waals surface area contributed by atoms with Crippen molar-refractivity contribution in [2.24, 2.45) is 11.7 Å². The number of carboxylic acids is 1. The second-order valence-corrected chi connectivity index (χ2v) is 5.55. The zero-order chi connectivity index (χ0) is 14.5. The number of carbonyl (C=O) groups is 1. The van der Waals surface area contributed by atoms with E-state index < -0.39 is 5.97 Å². The molecule has 3 nitrogen and oxygen atoms in total. The Balaban J connectivity index is 1.94. The molecular weight excluding hydrogens is 274 g/mol. The second-order valence-electron chi connectivity index (χ2n) is 5.12. The van der Waals surface area contributed by atoms with Crippen LogP contribution in [0.4, 0.5) is 0 Å². The van der Waals surface area contributed by atoms with Gasteiger partial charge in [-0.3, -0.25) is 4.79 Å². The molecule has 0 aliphatic heterocycles. The smallest absolute Gasteiger partial charge is 0.304 e. The van der Waals surface area contributed by atoms with Crippen LogP contribution in [0.1, 0.15) is 24.8 Å². The first-order chi connectivity index (χ1) is 9.54. The summed E-state index contributed by atoms with van der Waals surface area (Å²) in [6, 6.07) is 7.46. The molecule has 0 radical (unpaired) electrons. The molecule has 0 amide bonds. The molecule has 4 heteroatoms. The standard InChI is InChI=1S/C16H18ClNO2/c17-14-3-1-2-13(9-14)12-6-4-11(5-7-12)8-15(18)10-16(19)20/h1-4,6-7,9,11,15H,5,8,10,18H2,(H,19,20)/t11?,15-/m1/s1. The quantitative estimate of drug-likeness (QED) is 0.873. The van der Waals surface area contributed by atoms with E-state index in [9.17, 15) is 4.79 Å². The Morgan fingerprint density at radius 3 is 2.90 bits per heavy atom. The molecule has 0 aromatic heterocycles. The van der Waals surface area contributed by atoms with Gasteiger partial charge >= 0.3 is 5.97 Å². The molecule has 20 heavy (non-hydrogen) atoms. The number of allylic oxidation sites excluding steroid dienone is 4. The third-order valence-corrected chi connectivity index (χ3v) is 3.62. The van der Waals surface area contributed by atoms with E-state index in [1.54, 1.807) is 0 Å². The van der Waals surface area contributed by atoms with E-state index in [0.717, 1.165) is 22.6 Å². The van der Waals surface area contributed by atoms with Gasteiger partial charge in [-0.05, 0) is 42.0 Å². The molecule has 1 aromatic carbocycles. The first kappa shape index (κ1) is 14.8. The molecule has 1 aromatic rings. The maximum atomic E-state index is 10.6. The molecule has 0 saturated heterocycles. The van der Waals surface area contributed by atoms with Gasteiger partial charge in [-0.2, -0.15) is 0 Å². The predicted molar refractivity (Wildman–Crippen MR) is 81.5 cm³/mol. The van der Waals surface area contributed by atoms with Crippen molar-refractivity contribution >= 4 is 23.1 Å². The van der Waals surface area contributed by atoms with Crippen LogP contribution < -0.4 is 5.73 Å². The molecule has 0 bridgehead atoms. The first-order valence-corrected chi connectivity index (χ1v) is 7.04. The monoisotopic (exact) mass is 291 g/mol. The summed E-state index contributed by atoms with van der Waals surface area (Å²) in [5.41, 5.74) is 8.07. The average molecular weight is 292 g/mol. The third-order valence-electron chi connectivity index (χ3n) is 3.39. The van der Waals surface area contributed by atoms with Crippen LogP contribution in [0.2, 0.25) is 5.02 Å². The molecule has 0 spiro atoms. The van der Waals surface area contributed by atoms with Crippen LogP contribution in [0.25, 0.3) is 5.57 Å². The van der Waals surface area contributed by atoms with Crippen LogP contribution in [-0.2, 0) is 4.79 Å². The molecule has 1 aliphatic carbocycles. The van der Waals surface area contributed by atoms with Gasteiger partial charge in [0.15, 0.2) is 0 Å². The van der Waals surface area contributed by atoms with Gasteiger partial charge in [0.25, 0.3) is 0 Å². The molecule has 1 aliphatic rings. The Bertz CT molecular complexity index is 551. The van der Waals surface area contributed by atoms with E-state index in [1.165, 1.54) is 0 Å². The van der Waals surface area contributed by atoms with E-state index in [1.807, 2.05) is 24.3 Å². The van der Waals surface area contributed by atoms with Crippen molar-refractivity contribution in [1.29, 1.82) is 0 Å². The van der Waals surface area contributed by atoms with Crippen molar-refractivity contribution in [2.75, 3.05) is 0 Å². The van der Waals surface area contributed by atoms with Crippen molar-refractivity contribution in [3.8, 4) is 0 Å². The fourth-order valence-corrected chi connectivity index (χ4v) is 2.61. The van der Waals surface area contributed by atoms with Crippen molar-refractivity contribution in [1.82, 2.24) is 0 Å². The van der Waals surface area contributed by atoms with Gasteiger partial charge in [-0.1, -0.05) is 42.0 Å². The predicted octanol–water partition coefficient (Wildman–Crippen LogP) is 3.49. The fourth-order valence-electron chi connectivity index (χ4n) is 2.42. The van der Waals surface area contributed by atoms with E-state index in [4.69, 9.17) is 22.4 Å². The third kappa shape index (κ3) is 4.22. The number of hydrogen-bond donors (Lipinski definition) is 2. The van der Waals surface area contributed by atoms with Crippen LogP contribution >= 0.6 is 11.6 Å². The minimum absolute atomic E-state index is 0.0230. The minimum Gasteiger partial charge on any atom is -0.481 e. The molecule has 0 fully saturated rings. The van der Waals surface area contributed by atoms with E-state index >= 15 is 0 Å². The molecule has 1 unspecified atom stereocenters. The van der Waals surface area contributed by atoms with Gasteiger partial charge in [0.05, 0.1) is 6.42 Å². The molecule has 0 heterocycles. The highest BCUT2D eigenvalue weighted by atomic mass is 35.5. The van der Waals surface area contributed by atoms with Crippen LogP contribution in [0.5, 0.6) is 0 Å². The molecule has 2 atom stereocenters. The Morgan fingerprint density at radius 2 is 2.30 bits per heavy atom. The van der Waals surface area contributed by atoms with E-state index in [0.29, 0.717) is 12.3 Å². The number of carboxylic acid groups (broad SMARTS) is 1. The number of nitrogens with two attached hydrogens (primary N) is 1. The summed E-state index contributed by atoms with van der Waals surface area (Å²) in [7, 11) is 0. The maximum absolute atomic E-state index is 10.6. The van der Waals surface area contributed by atoms with Gasteiger partial charge in [0.1, 0.15) is 0 Å². The fraction of sp³-hybridized carbons (Fsp3) is 0.312. The summed E-state index contributed by atoms with van der Waals surface area (Å²) in [4.78, 5) is 10.6. The number of rotatable bonds is 5. The summed E-state index contributed by atoms with van der Waals surface area (Å²) < 4.78 is 0. The van der Waals surface area contributed by atoms with Gasteiger partial charge in [-0.15, -0.1) is 0 Å². The van der Waals surface area contributed by atoms with E-state index in [2.05, 4.69) is 18.2 Å². The normalized spacial score (nSPS) is 19.5. The lowest BCUT2D eigenvalue weighted by molar-refractivity contribution is -0.137. The number of benzene rings is 1. The summed E-state index contributed by atoms with van der Waals surface area (Å²) in [6.07, 6.45) is 7.93. The summed E-state index contributed by atoms with van der Waals surface area (Å²) in [5.74, 6) is -0.528. The van der Waals surface area contributed by atoms with Crippen molar-refractivity contribution in [2.45, 2.75) is 25.3 Å². The number of hydrogen-bond acceptors (Lipinski definition) is 2. The van der Waals surface area contributed by atoms with Gasteiger partial charge in [0, 0.05) is 11.1 Å². The molecular formula is C16H18ClNO2.